The zero-order chi connectivity index (χ0) is 19.3. The first-order valence-electron chi connectivity index (χ1n) is 8.62. The summed E-state index contributed by atoms with van der Waals surface area (Å²) >= 11 is 0. The number of morpholine rings is 1. The molecule has 7 nitrogen and oxygen atoms in total. The molecule has 0 unspecified atom stereocenters. The van der Waals surface area contributed by atoms with Gasteiger partial charge in [-0.25, -0.2) is 4.79 Å². The molecule has 1 atom stereocenters. The van der Waals surface area contributed by atoms with Gasteiger partial charge in [0.1, 0.15) is 16.7 Å². The third-order valence-electron chi connectivity index (χ3n) is 4.08. The lowest BCUT2D eigenvalue weighted by Gasteiger charge is -2.32. The molecular formula is C19H21NO6S. The topological polar surface area (TPSA) is 82.1 Å². The van der Waals surface area contributed by atoms with Gasteiger partial charge in [-0.05, 0) is 36.8 Å². The number of rotatable bonds is 5. The Hall–Kier alpha value is -2.58. The number of amides is 1. The fraction of sp³-hybridized carbons (Fsp3) is 0.316. The molecule has 0 bridgehead atoms. The van der Waals surface area contributed by atoms with E-state index in [0.29, 0.717) is 26.3 Å². The summed E-state index contributed by atoms with van der Waals surface area (Å²) in [6.07, 6.45) is -0.664. The average Bonchev–Trinajstić information content (AvgIpc) is 2.69. The Morgan fingerprint density at radius 2 is 1.85 bits per heavy atom. The molecule has 3 rings (SSSR count). The van der Waals surface area contributed by atoms with Gasteiger partial charge in [-0.2, -0.15) is 8.42 Å². The van der Waals surface area contributed by atoms with E-state index in [0.717, 1.165) is 5.56 Å². The van der Waals surface area contributed by atoms with Crippen molar-refractivity contribution in [3.63, 3.8) is 0 Å². The van der Waals surface area contributed by atoms with Gasteiger partial charge in [-0.1, -0.05) is 30.3 Å². The zero-order valence-electron chi connectivity index (χ0n) is 14.9. The van der Waals surface area contributed by atoms with Crippen LogP contribution in [0.15, 0.2) is 59.5 Å². The van der Waals surface area contributed by atoms with Gasteiger partial charge >= 0.3 is 16.2 Å². The van der Waals surface area contributed by atoms with Gasteiger partial charge in [0.25, 0.3) is 0 Å². The van der Waals surface area contributed by atoms with Crippen molar-refractivity contribution in [3.8, 4) is 5.75 Å². The molecule has 0 aromatic heterocycles. The van der Waals surface area contributed by atoms with E-state index in [4.69, 9.17) is 13.7 Å². The minimum absolute atomic E-state index is 0.0924. The normalized spacial score (nSPS) is 17.4. The average molecular weight is 391 g/mol. The second-order valence-corrected chi connectivity index (χ2v) is 7.47. The van der Waals surface area contributed by atoms with Crippen molar-refractivity contribution in [2.75, 3.05) is 26.3 Å². The molecule has 2 aromatic carbocycles. The summed E-state index contributed by atoms with van der Waals surface area (Å²) in [5, 5.41) is 0. The maximum Gasteiger partial charge on any atom is 0.409 e. The SMILES string of the molecule is CCOC(=O)N1CCO[C@H](c2ccc(OS(=O)(=O)c3ccccc3)cc2)C1. The highest BCUT2D eigenvalue weighted by Gasteiger charge is 2.26. The van der Waals surface area contributed by atoms with Gasteiger partial charge in [0, 0.05) is 6.54 Å². The second kappa shape index (κ2) is 8.41. The van der Waals surface area contributed by atoms with Crippen LogP contribution in [0.3, 0.4) is 0 Å². The Morgan fingerprint density at radius 3 is 2.52 bits per heavy atom. The quantitative estimate of drug-likeness (QED) is 0.729. The highest BCUT2D eigenvalue weighted by Crippen LogP contribution is 2.26. The van der Waals surface area contributed by atoms with E-state index in [1.54, 1.807) is 54.3 Å². The van der Waals surface area contributed by atoms with Crippen LogP contribution >= 0.6 is 0 Å². The summed E-state index contributed by atoms with van der Waals surface area (Å²) in [6, 6.07) is 14.6. The van der Waals surface area contributed by atoms with Crippen molar-refractivity contribution in [2.24, 2.45) is 0 Å². The molecule has 1 aliphatic heterocycles. The molecule has 1 fully saturated rings. The summed E-state index contributed by atoms with van der Waals surface area (Å²) in [5.74, 6) is 0.209. The molecule has 2 aromatic rings. The minimum Gasteiger partial charge on any atom is -0.450 e. The number of carbonyl (C=O) groups is 1. The number of hydrogen-bond acceptors (Lipinski definition) is 6. The Kier molecular flexibility index (Phi) is 5.98. The van der Waals surface area contributed by atoms with E-state index in [-0.39, 0.29) is 22.8 Å². The van der Waals surface area contributed by atoms with Gasteiger partial charge < -0.3 is 18.6 Å². The highest BCUT2D eigenvalue weighted by molar-refractivity contribution is 7.87. The largest absolute Gasteiger partial charge is 0.450 e. The lowest BCUT2D eigenvalue weighted by atomic mass is 10.1. The van der Waals surface area contributed by atoms with Gasteiger partial charge in [0.2, 0.25) is 0 Å². The van der Waals surface area contributed by atoms with Crippen LogP contribution in [-0.2, 0) is 19.6 Å². The Balaban J connectivity index is 1.67. The fourth-order valence-corrected chi connectivity index (χ4v) is 3.68. The first kappa shape index (κ1) is 19.2. The smallest absolute Gasteiger partial charge is 0.409 e. The van der Waals surface area contributed by atoms with Crippen LogP contribution in [0.1, 0.15) is 18.6 Å². The summed E-state index contributed by atoms with van der Waals surface area (Å²) in [7, 11) is -3.88. The van der Waals surface area contributed by atoms with Crippen LogP contribution < -0.4 is 4.18 Å². The monoisotopic (exact) mass is 391 g/mol. The van der Waals surface area contributed by atoms with Crippen LogP contribution in [0.4, 0.5) is 4.79 Å². The maximum atomic E-state index is 12.3. The molecule has 0 radical (unpaired) electrons. The molecular weight excluding hydrogens is 370 g/mol. The van der Waals surface area contributed by atoms with Crippen molar-refractivity contribution in [2.45, 2.75) is 17.9 Å². The molecule has 1 saturated heterocycles. The molecule has 27 heavy (non-hydrogen) atoms. The predicted octanol–water partition coefficient (Wildman–Crippen LogP) is 2.98. The second-order valence-electron chi connectivity index (χ2n) is 5.92. The highest BCUT2D eigenvalue weighted by atomic mass is 32.2. The maximum absolute atomic E-state index is 12.3. The van der Waals surface area contributed by atoms with E-state index in [2.05, 4.69) is 0 Å². The number of nitrogens with zero attached hydrogens (tertiary/aromatic N) is 1. The van der Waals surface area contributed by atoms with Gasteiger partial charge in [-0.15, -0.1) is 0 Å². The number of benzene rings is 2. The molecule has 0 saturated carbocycles. The van der Waals surface area contributed by atoms with Crippen LogP contribution in [-0.4, -0.2) is 45.7 Å². The number of ether oxygens (including phenoxy) is 2. The first-order chi connectivity index (χ1) is 13.0. The summed E-state index contributed by atoms with van der Waals surface area (Å²) in [5.41, 5.74) is 0.827. The van der Waals surface area contributed by atoms with Gasteiger partial charge in [-0.3, -0.25) is 0 Å². The van der Waals surface area contributed by atoms with E-state index < -0.39 is 10.1 Å². The third-order valence-corrected chi connectivity index (χ3v) is 5.34. The van der Waals surface area contributed by atoms with Crippen LogP contribution in [0.25, 0.3) is 0 Å². The van der Waals surface area contributed by atoms with Crippen LogP contribution in [0.2, 0.25) is 0 Å². The molecule has 0 spiro atoms. The third kappa shape index (κ3) is 4.78. The molecule has 1 aliphatic rings. The van der Waals surface area contributed by atoms with Crippen molar-refractivity contribution in [1.82, 2.24) is 4.90 Å². The van der Waals surface area contributed by atoms with E-state index in [9.17, 15) is 13.2 Å². The van der Waals surface area contributed by atoms with E-state index in [1.165, 1.54) is 12.1 Å². The summed E-state index contributed by atoms with van der Waals surface area (Å²) in [6.45, 7) is 3.35. The Labute approximate surface area is 158 Å². The Morgan fingerprint density at radius 1 is 1.15 bits per heavy atom. The molecule has 1 heterocycles. The van der Waals surface area contributed by atoms with Crippen molar-refractivity contribution in [3.05, 3.63) is 60.2 Å². The van der Waals surface area contributed by atoms with E-state index >= 15 is 0 Å². The zero-order valence-corrected chi connectivity index (χ0v) is 15.7. The minimum atomic E-state index is -3.88. The standard InChI is InChI=1S/C19H21NO6S/c1-2-24-19(21)20-12-13-25-18(14-20)15-8-10-16(11-9-15)26-27(22,23)17-6-4-3-5-7-17/h3-11,18H,2,12-14H2,1H3/t18-/m0/s1. The van der Waals surface area contributed by atoms with Crippen molar-refractivity contribution < 1.29 is 26.9 Å². The van der Waals surface area contributed by atoms with Gasteiger partial charge in [0.15, 0.2) is 0 Å². The summed E-state index contributed by atoms with van der Waals surface area (Å²) < 4.78 is 40.4. The van der Waals surface area contributed by atoms with E-state index in [1.807, 2.05) is 0 Å². The predicted molar refractivity (Wildman–Crippen MR) is 98.0 cm³/mol. The lowest BCUT2D eigenvalue weighted by Crippen LogP contribution is -2.42. The molecule has 0 aliphatic carbocycles. The van der Waals surface area contributed by atoms with Crippen molar-refractivity contribution >= 4 is 16.2 Å². The lowest BCUT2D eigenvalue weighted by molar-refractivity contribution is -0.0279. The molecule has 0 N–H and O–H groups in total. The van der Waals surface area contributed by atoms with Gasteiger partial charge in [0.05, 0.1) is 19.8 Å². The molecule has 1 amide bonds. The molecule has 8 heteroatoms. The summed E-state index contributed by atoms with van der Waals surface area (Å²) in [4.78, 5) is 13.6. The van der Waals surface area contributed by atoms with Crippen LogP contribution in [0, 0.1) is 0 Å². The fourth-order valence-electron chi connectivity index (χ4n) is 2.73. The number of carbonyl (C=O) groups excluding carboxylic acids is 1. The molecule has 144 valence electrons. The number of hydrogen-bond donors (Lipinski definition) is 0. The van der Waals surface area contributed by atoms with Crippen LogP contribution in [0.5, 0.6) is 5.75 Å². The Bertz CT molecular complexity index is 867. The van der Waals surface area contributed by atoms with Crippen molar-refractivity contribution in [1.29, 1.82) is 0 Å². The first-order valence-corrected chi connectivity index (χ1v) is 10.0.